The average Bonchev–Trinajstić information content (AvgIpc) is 2.66. The number of carbonyl (C=O) groups excluding carboxylic acids is 1. The number of piperidine rings is 1. The monoisotopic (exact) mass is 367 g/mol. The first-order valence-electron chi connectivity index (χ1n) is 9.19. The number of likely N-dealkylation sites (tertiary alicyclic amines) is 1. The van der Waals surface area contributed by atoms with Gasteiger partial charge in [-0.1, -0.05) is 50.2 Å². The standard InChI is InChI=1S/C21H25N3O3/c1-16-13-23(14-17-6-4-3-5-7-17)11-10-21(16,2)18-8-9-20(24(26)27)19(12-18)22-15-25/h3-9,12,15-16H,10-11,13-14H2,1-2H3,(H,22,25). The normalized spacial score (nSPS) is 23.0. The molecule has 1 N–H and O–H groups in total. The van der Waals surface area contributed by atoms with Crippen LogP contribution in [0.1, 0.15) is 31.4 Å². The second-order valence-electron chi connectivity index (χ2n) is 7.54. The number of anilines is 1. The fraction of sp³-hybridized carbons (Fsp3) is 0.381. The SMILES string of the molecule is CC1CN(Cc2ccccc2)CCC1(C)c1ccc([N+](=O)[O-])c(NC=O)c1. The Morgan fingerprint density at radius 2 is 2.04 bits per heavy atom. The number of nitrogens with zero attached hydrogens (tertiary/aromatic N) is 2. The van der Waals surface area contributed by atoms with E-state index in [2.05, 4.69) is 48.3 Å². The molecule has 0 aromatic heterocycles. The smallest absolute Gasteiger partial charge is 0.292 e. The third-order valence-corrected chi connectivity index (χ3v) is 5.88. The van der Waals surface area contributed by atoms with Gasteiger partial charge in [-0.15, -0.1) is 0 Å². The summed E-state index contributed by atoms with van der Waals surface area (Å²) in [5.74, 6) is 0.375. The predicted octanol–water partition coefficient (Wildman–Crippen LogP) is 3.96. The van der Waals surface area contributed by atoms with Crippen LogP contribution in [0.25, 0.3) is 0 Å². The molecule has 2 aromatic carbocycles. The Hall–Kier alpha value is -2.73. The van der Waals surface area contributed by atoms with Gasteiger partial charge in [0, 0.05) is 19.2 Å². The van der Waals surface area contributed by atoms with Crippen molar-refractivity contribution < 1.29 is 9.72 Å². The number of carbonyl (C=O) groups is 1. The van der Waals surface area contributed by atoms with Gasteiger partial charge in [0.25, 0.3) is 5.69 Å². The van der Waals surface area contributed by atoms with Gasteiger partial charge in [-0.2, -0.15) is 0 Å². The number of benzene rings is 2. The molecule has 1 aliphatic rings. The molecule has 2 aromatic rings. The van der Waals surface area contributed by atoms with Gasteiger partial charge in [0.1, 0.15) is 5.69 Å². The lowest BCUT2D eigenvalue weighted by Crippen LogP contribution is -2.46. The van der Waals surface area contributed by atoms with Gasteiger partial charge < -0.3 is 5.32 Å². The molecule has 27 heavy (non-hydrogen) atoms. The van der Waals surface area contributed by atoms with E-state index in [0.717, 1.165) is 31.6 Å². The van der Waals surface area contributed by atoms with Crippen molar-refractivity contribution in [2.24, 2.45) is 5.92 Å². The fourth-order valence-electron chi connectivity index (χ4n) is 3.96. The molecule has 0 saturated carbocycles. The quantitative estimate of drug-likeness (QED) is 0.476. The van der Waals surface area contributed by atoms with Crippen LogP contribution in [-0.4, -0.2) is 29.3 Å². The molecule has 1 saturated heterocycles. The average molecular weight is 367 g/mol. The summed E-state index contributed by atoms with van der Waals surface area (Å²) in [6.07, 6.45) is 1.44. The molecule has 1 amide bonds. The van der Waals surface area contributed by atoms with Crippen molar-refractivity contribution in [3.05, 3.63) is 69.8 Å². The maximum Gasteiger partial charge on any atom is 0.292 e. The van der Waals surface area contributed by atoms with Crippen LogP contribution in [0.2, 0.25) is 0 Å². The van der Waals surface area contributed by atoms with E-state index in [1.165, 1.54) is 11.6 Å². The van der Waals surface area contributed by atoms with E-state index < -0.39 is 4.92 Å². The van der Waals surface area contributed by atoms with E-state index in [1.807, 2.05) is 12.1 Å². The topological polar surface area (TPSA) is 75.5 Å². The number of hydrogen-bond acceptors (Lipinski definition) is 4. The second-order valence-corrected chi connectivity index (χ2v) is 7.54. The first kappa shape index (κ1) is 19.0. The summed E-state index contributed by atoms with van der Waals surface area (Å²) in [5.41, 5.74) is 2.42. The molecule has 3 rings (SSSR count). The zero-order valence-electron chi connectivity index (χ0n) is 15.7. The van der Waals surface area contributed by atoms with E-state index in [0.29, 0.717) is 12.3 Å². The second kappa shape index (κ2) is 7.88. The fourth-order valence-corrected chi connectivity index (χ4v) is 3.96. The van der Waals surface area contributed by atoms with Crippen molar-refractivity contribution in [2.45, 2.75) is 32.2 Å². The van der Waals surface area contributed by atoms with E-state index in [1.54, 1.807) is 6.07 Å². The summed E-state index contributed by atoms with van der Waals surface area (Å²) in [6, 6.07) is 15.5. The Morgan fingerprint density at radius 3 is 2.67 bits per heavy atom. The third kappa shape index (κ3) is 4.01. The zero-order valence-corrected chi connectivity index (χ0v) is 15.7. The largest absolute Gasteiger partial charge is 0.323 e. The minimum Gasteiger partial charge on any atom is -0.323 e. The highest BCUT2D eigenvalue weighted by Gasteiger charge is 2.38. The van der Waals surface area contributed by atoms with Crippen molar-refractivity contribution in [1.82, 2.24) is 4.90 Å². The maximum absolute atomic E-state index is 11.2. The van der Waals surface area contributed by atoms with Gasteiger partial charge in [-0.05, 0) is 41.5 Å². The summed E-state index contributed by atoms with van der Waals surface area (Å²) in [4.78, 5) is 24.0. The first-order chi connectivity index (χ1) is 12.9. The molecule has 6 nitrogen and oxygen atoms in total. The van der Waals surface area contributed by atoms with Crippen molar-refractivity contribution >= 4 is 17.8 Å². The van der Waals surface area contributed by atoms with Crippen molar-refractivity contribution in [2.75, 3.05) is 18.4 Å². The predicted molar refractivity (Wildman–Crippen MR) is 106 cm³/mol. The van der Waals surface area contributed by atoms with Crippen LogP contribution in [0.3, 0.4) is 0 Å². The van der Waals surface area contributed by atoms with E-state index in [9.17, 15) is 14.9 Å². The van der Waals surface area contributed by atoms with Gasteiger partial charge in [0.2, 0.25) is 6.41 Å². The highest BCUT2D eigenvalue weighted by Crippen LogP contribution is 2.41. The lowest BCUT2D eigenvalue weighted by molar-refractivity contribution is -0.383. The number of nitro benzene ring substituents is 1. The Labute approximate surface area is 159 Å². The van der Waals surface area contributed by atoms with Crippen molar-refractivity contribution in [1.29, 1.82) is 0 Å². The molecule has 0 bridgehead atoms. The summed E-state index contributed by atoms with van der Waals surface area (Å²) >= 11 is 0. The summed E-state index contributed by atoms with van der Waals surface area (Å²) in [7, 11) is 0. The van der Waals surface area contributed by atoms with Crippen LogP contribution in [0.5, 0.6) is 0 Å². The van der Waals surface area contributed by atoms with Gasteiger partial charge in [0.05, 0.1) is 4.92 Å². The van der Waals surface area contributed by atoms with Gasteiger partial charge in [-0.3, -0.25) is 19.8 Å². The Kier molecular flexibility index (Phi) is 5.56. The Bertz CT molecular complexity index is 825. The minimum absolute atomic E-state index is 0.0800. The maximum atomic E-state index is 11.2. The number of amides is 1. The van der Waals surface area contributed by atoms with E-state index in [4.69, 9.17) is 0 Å². The summed E-state index contributed by atoms with van der Waals surface area (Å²) in [6.45, 7) is 7.29. The van der Waals surface area contributed by atoms with Gasteiger partial charge in [-0.25, -0.2) is 0 Å². The molecule has 6 heteroatoms. The molecule has 1 fully saturated rings. The molecule has 0 aliphatic carbocycles. The number of hydrogen-bond donors (Lipinski definition) is 1. The van der Waals surface area contributed by atoms with E-state index in [-0.39, 0.29) is 16.8 Å². The molecular weight excluding hydrogens is 342 g/mol. The molecule has 1 aliphatic heterocycles. The lowest BCUT2D eigenvalue weighted by Gasteiger charge is -2.45. The Morgan fingerprint density at radius 1 is 1.30 bits per heavy atom. The molecule has 0 radical (unpaired) electrons. The van der Waals surface area contributed by atoms with Crippen molar-refractivity contribution in [3.63, 3.8) is 0 Å². The van der Waals surface area contributed by atoms with Gasteiger partial charge >= 0.3 is 0 Å². The summed E-state index contributed by atoms with van der Waals surface area (Å²) in [5, 5.41) is 13.7. The highest BCUT2D eigenvalue weighted by molar-refractivity contribution is 5.78. The van der Waals surface area contributed by atoms with Gasteiger partial charge in [0.15, 0.2) is 0 Å². The molecule has 2 unspecified atom stereocenters. The number of rotatable bonds is 6. The molecule has 1 heterocycles. The summed E-state index contributed by atoms with van der Waals surface area (Å²) < 4.78 is 0. The molecular formula is C21H25N3O3. The van der Waals surface area contributed by atoms with Crippen LogP contribution in [0.4, 0.5) is 11.4 Å². The minimum atomic E-state index is -0.468. The van der Waals surface area contributed by atoms with Crippen LogP contribution in [0, 0.1) is 16.0 Å². The van der Waals surface area contributed by atoms with Crippen LogP contribution in [-0.2, 0) is 16.8 Å². The highest BCUT2D eigenvalue weighted by atomic mass is 16.6. The third-order valence-electron chi connectivity index (χ3n) is 5.88. The van der Waals surface area contributed by atoms with Crippen LogP contribution >= 0.6 is 0 Å². The first-order valence-corrected chi connectivity index (χ1v) is 9.19. The molecule has 2 atom stereocenters. The number of nitro groups is 1. The van der Waals surface area contributed by atoms with E-state index >= 15 is 0 Å². The number of nitrogens with one attached hydrogen (secondary N) is 1. The Balaban J connectivity index is 1.79. The lowest BCUT2D eigenvalue weighted by atomic mass is 9.68. The molecule has 142 valence electrons. The zero-order chi connectivity index (χ0) is 19.4. The van der Waals surface area contributed by atoms with Crippen molar-refractivity contribution in [3.8, 4) is 0 Å². The van der Waals surface area contributed by atoms with Crippen LogP contribution < -0.4 is 5.32 Å². The molecule has 0 spiro atoms. The van der Waals surface area contributed by atoms with Crippen LogP contribution in [0.15, 0.2) is 48.5 Å².